The number of H-pyrrole nitrogens is 1. The molecular weight excluding hydrogens is 318 g/mol. The number of amides is 1. The van der Waals surface area contributed by atoms with E-state index in [9.17, 15) is 18.0 Å². The fourth-order valence-corrected chi connectivity index (χ4v) is 2.78. The van der Waals surface area contributed by atoms with Crippen LogP contribution in [0.5, 0.6) is 0 Å². The monoisotopic (exact) mass is 327 g/mol. The van der Waals surface area contributed by atoms with E-state index in [1.165, 1.54) is 18.2 Å². The van der Waals surface area contributed by atoms with E-state index in [0.29, 0.717) is 0 Å². The zero-order valence-electron chi connectivity index (χ0n) is 10.5. The molecule has 0 fully saturated rings. The van der Waals surface area contributed by atoms with Gasteiger partial charge in [-0.1, -0.05) is 11.6 Å². The molecule has 1 aromatic carbocycles. The summed E-state index contributed by atoms with van der Waals surface area (Å²) in [5.74, 6) is -0.773. The number of aromatic amines is 1. The first-order valence-electron chi connectivity index (χ1n) is 5.60. The molecule has 9 heteroatoms. The summed E-state index contributed by atoms with van der Waals surface area (Å²) in [5.41, 5.74) is 4.84. The number of aromatic nitrogens is 1. The maximum Gasteiger partial charge on any atom is 0.263 e. The summed E-state index contributed by atoms with van der Waals surface area (Å²) < 4.78 is 26.5. The van der Waals surface area contributed by atoms with Gasteiger partial charge >= 0.3 is 0 Å². The van der Waals surface area contributed by atoms with Crippen molar-refractivity contribution < 1.29 is 13.2 Å². The first kappa shape index (κ1) is 15.1. The second-order valence-corrected chi connectivity index (χ2v) is 6.14. The molecule has 1 heterocycles. The van der Waals surface area contributed by atoms with Gasteiger partial charge in [-0.05, 0) is 24.3 Å². The van der Waals surface area contributed by atoms with E-state index in [1.807, 2.05) is 0 Å². The third kappa shape index (κ3) is 3.41. The van der Waals surface area contributed by atoms with Crippen molar-refractivity contribution in [3.8, 4) is 0 Å². The Morgan fingerprint density at radius 2 is 1.95 bits per heavy atom. The molecular formula is C12H10ClN3O4S. The highest BCUT2D eigenvalue weighted by Gasteiger charge is 2.16. The van der Waals surface area contributed by atoms with Crippen LogP contribution < -0.4 is 16.0 Å². The Morgan fingerprint density at radius 3 is 2.52 bits per heavy atom. The molecule has 0 unspecified atom stereocenters. The third-order valence-electron chi connectivity index (χ3n) is 2.55. The number of hydrogen-bond acceptors (Lipinski definition) is 4. The van der Waals surface area contributed by atoms with Crippen LogP contribution in [-0.2, 0) is 10.0 Å². The molecule has 0 bridgehead atoms. The van der Waals surface area contributed by atoms with Gasteiger partial charge < -0.3 is 10.7 Å². The van der Waals surface area contributed by atoms with Crippen LogP contribution in [0.3, 0.4) is 0 Å². The topological polar surface area (TPSA) is 122 Å². The van der Waals surface area contributed by atoms with Crippen molar-refractivity contribution in [3.63, 3.8) is 0 Å². The van der Waals surface area contributed by atoms with Crippen LogP contribution in [0.25, 0.3) is 0 Å². The maximum absolute atomic E-state index is 12.1. The Hall–Kier alpha value is -2.32. The first-order valence-corrected chi connectivity index (χ1v) is 7.46. The second-order valence-electron chi connectivity index (χ2n) is 4.05. The Morgan fingerprint density at radius 1 is 1.24 bits per heavy atom. The second kappa shape index (κ2) is 5.58. The van der Waals surface area contributed by atoms with Gasteiger partial charge in [-0.2, -0.15) is 0 Å². The summed E-state index contributed by atoms with van der Waals surface area (Å²) in [6.07, 6.45) is 1.07. The standard InChI is InChI=1S/C12H10ClN3O4S/c13-10-3-1-7(5-9(10)12(14)18)16-21(19,20)8-2-4-11(17)15-6-8/h1-6,16H,(H2,14,18)(H,15,17). The average Bonchev–Trinajstić information content (AvgIpc) is 2.41. The summed E-state index contributed by atoms with van der Waals surface area (Å²) in [7, 11) is -3.90. The number of nitrogens with one attached hydrogen (secondary N) is 2. The number of rotatable bonds is 4. The number of sulfonamides is 1. The predicted octanol–water partition coefficient (Wildman–Crippen LogP) is 0.928. The van der Waals surface area contributed by atoms with Crippen LogP contribution in [0, 0.1) is 0 Å². The summed E-state index contributed by atoms with van der Waals surface area (Å²) >= 11 is 5.78. The number of carbonyl (C=O) groups excluding carboxylic acids is 1. The summed E-state index contributed by atoms with van der Waals surface area (Å²) in [6.45, 7) is 0. The van der Waals surface area contributed by atoms with Crippen molar-refractivity contribution in [2.75, 3.05) is 4.72 Å². The zero-order chi connectivity index (χ0) is 15.6. The minimum Gasteiger partial charge on any atom is -0.366 e. The summed E-state index contributed by atoms with van der Waals surface area (Å²) in [5, 5.41) is 0.120. The number of halogens is 1. The number of anilines is 1. The molecule has 0 aliphatic rings. The lowest BCUT2D eigenvalue weighted by Gasteiger charge is -2.09. The van der Waals surface area contributed by atoms with Crippen molar-refractivity contribution >= 4 is 33.2 Å². The molecule has 0 saturated carbocycles. The largest absolute Gasteiger partial charge is 0.366 e. The van der Waals surface area contributed by atoms with Gasteiger partial charge in [0.15, 0.2) is 0 Å². The molecule has 2 rings (SSSR count). The number of nitrogens with two attached hydrogens (primary N) is 1. The van der Waals surface area contributed by atoms with E-state index in [4.69, 9.17) is 17.3 Å². The lowest BCUT2D eigenvalue weighted by atomic mass is 10.2. The van der Waals surface area contributed by atoms with E-state index in [-0.39, 0.29) is 21.2 Å². The van der Waals surface area contributed by atoms with Crippen LogP contribution in [0.4, 0.5) is 5.69 Å². The molecule has 0 saturated heterocycles. The number of hydrogen-bond donors (Lipinski definition) is 3. The quantitative estimate of drug-likeness (QED) is 0.773. The Bertz CT molecular complexity index is 841. The van der Waals surface area contributed by atoms with Gasteiger partial charge in [-0.15, -0.1) is 0 Å². The van der Waals surface area contributed by atoms with Crippen molar-refractivity contribution in [2.45, 2.75) is 4.90 Å². The highest BCUT2D eigenvalue weighted by atomic mass is 35.5. The number of carbonyl (C=O) groups is 1. The van der Waals surface area contributed by atoms with Gasteiger partial charge in [0.2, 0.25) is 11.5 Å². The van der Waals surface area contributed by atoms with Gasteiger partial charge in [0.25, 0.3) is 10.0 Å². The fourth-order valence-electron chi connectivity index (χ4n) is 1.56. The van der Waals surface area contributed by atoms with E-state index in [2.05, 4.69) is 9.71 Å². The SMILES string of the molecule is NC(=O)c1cc(NS(=O)(=O)c2ccc(=O)[nH]c2)ccc1Cl. The van der Waals surface area contributed by atoms with Crippen LogP contribution >= 0.6 is 11.6 Å². The lowest BCUT2D eigenvalue weighted by molar-refractivity contribution is 0.100. The van der Waals surface area contributed by atoms with Crippen molar-refractivity contribution in [1.82, 2.24) is 4.98 Å². The highest BCUT2D eigenvalue weighted by molar-refractivity contribution is 7.92. The lowest BCUT2D eigenvalue weighted by Crippen LogP contribution is -2.16. The maximum atomic E-state index is 12.1. The summed E-state index contributed by atoms with van der Waals surface area (Å²) in [4.78, 5) is 24.2. The van der Waals surface area contributed by atoms with Crippen LogP contribution in [0.15, 0.2) is 46.2 Å². The van der Waals surface area contributed by atoms with E-state index in [1.54, 1.807) is 0 Å². The normalized spacial score (nSPS) is 11.1. The zero-order valence-corrected chi connectivity index (χ0v) is 12.0. The smallest absolute Gasteiger partial charge is 0.263 e. The van der Waals surface area contributed by atoms with Crippen LogP contribution in [0.2, 0.25) is 5.02 Å². The molecule has 0 aliphatic heterocycles. The van der Waals surface area contributed by atoms with Gasteiger partial charge in [-0.25, -0.2) is 8.42 Å². The predicted molar refractivity (Wildman–Crippen MR) is 77.8 cm³/mol. The molecule has 0 atom stereocenters. The molecule has 110 valence electrons. The molecule has 0 spiro atoms. The molecule has 0 radical (unpaired) electrons. The molecule has 4 N–H and O–H groups in total. The van der Waals surface area contributed by atoms with Crippen LogP contribution in [0.1, 0.15) is 10.4 Å². The van der Waals surface area contributed by atoms with E-state index >= 15 is 0 Å². The van der Waals surface area contributed by atoms with Gasteiger partial charge in [-0.3, -0.25) is 14.3 Å². The van der Waals surface area contributed by atoms with Gasteiger partial charge in [0, 0.05) is 18.0 Å². The number of pyridine rings is 1. The Balaban J connectivity index is 2.37. The molecule has 2 aromatic rings. The fraction of sp³-hybridized carbons (Fsp3) is 0. The van der Waals surface area contributed by atoms with Crippen molar-refractivity contribution in [2.24, 2.45) is 5.73 Å². The Kier molecular flexibility index (Phi) is 4.01. The van der Waals surface area contributed by atoms with Gasteiger partial charge in [0.05, 0.1) is 10.6 Å². The number of primary amides is 1. The van der Waals surface area contributed by atoms with E-state index in [0.717, 1.165) is 18.3 Å². The Labute approximate surface area is 124 Å². The van der Waals surface area contributed by atoms with Gasteiger partial charge in [0.1, 0.15) is 4.90 Å². The molecule has 21 heavy (non-hydrogen) atoms. The minimum absolute atomic E-state index is 0.00154. The number of benzene rings is 1. The van der Waals surface area contributed by atoms with Crippen molar-refractivity contribution in [3.05, 3.63) is 57.5 Å². The average molecular weight is 328 g/mol. The third-order valence-corrected chi connectivity index (χ3v) is 4.26. The summed E-state index contributed by atoms with van der Waals surface area (Å²) in [6, 6.07) is 6.22. The highest BCUT2D eigenvalue weighted by Crippen LogP contribution is 2.22. The molecule has 1 aromatic heterocycles. The van der Waals surface area contributed by atoms with E-state index < -0.39 is 21.5 Å². The molecule has 7 nitrogen and oxygen atoms in total. The first-order chi connectivity index (χ1) is 9.79. The molecule has 0 aliphatic carbocycles. The van der Waals surface area contributed by atoms with Crippen molar-refractivity contribution in [1.29, 1.82) is 0 Å². The van der Waals surface area contributed by atoms with Crippen LogP contribution in [-0.4, -0.2) is 19.3 Å². The molecule has 1 amide bonds. The minimum atomic E-state index is -3.90.